The second-order valence-electron chi connectivity index (χ2n) is 8.52. The predicted molar refractivity (Wildman–Crippen MR) is 154 cm³/mol. The smallest absolute Gasteiger partial charge is 0.273 e. The Kier molecular flexibility index (Phi) is 12.4. The lowest BCUT2D eigenvalue weighted by molar-refractivity contribution is -0.114. The molecule has 10 heteroatoms. The first-order chi connectivity index (χ1) is 18.7. The zero-order valence-corrected chi connectivity index (χ0v) is 23.8. The third kappa shape index (κ3) is 9.76. The highest BCUT2D eigenvalue weighted by Gasteiger charge is 2.17. The van der Waals surface area contributed by atoms with Gasteiger partial charge in [-0.25, -0.2) is 4.98 Å². The topological polar surface area (TPSA) is 112 Å². The third-order valence-corrected chi connectivity index (χ3v) is 5.82. The van der Waals surface area contributed by atoms with Crippen LogP contribution in [-0.4, -0.2) is 48.5 Å². The van der Waals surface area contributed by atoms with Crippen LogP contribution >= 0.6 is 11.6 Å². The van der Waals surface area contributed by atoms with E-state index in [-0.39, 0.29) is 11.6 Å². The van der Waals surface area contributed by atoms with Crippen LogP contribution in [0.5, 0.6) is 5.75 Å². The SMILES string of the molecule is CC(=NC#N)N(C)Cc1ccc(Cl)nc1.CNC(=O)/C(=N/OC)c1ccccc1COc1cc(C)ccc1C. The van der Waals surface area contributed by atoms with Crippen LogP contribution in [0.3, 0.4) is 0 Å². The molecule has 0 radical (unpaired) electrons. The average molecular weight is 549 g/mol. The summed E-state index contributed by atoms with van der Waals surface area (Å²) in [5.41, 5.74) is 4.99. The molecule has 2 aromatic carbocycles. The van der Waals surface area contributed by atoms with Crippen LogP contribution in [0.4, 0.5) is 0 Å². The number of aromatic nitrogens is 1. The Hall–Kier alpha value is -4.42. The lowest BCUT2D eigenvalue weighted by atomic mass is 10.0. The maximum atomic E-state index is 12.1. The number of amidine groups is 1. The summed E-state index contributed by atoms with van der Waals surface area (Å²) in [5.74, 6) is 1.19. The third-order valence-electron chi connectivity index (χ3n) is 5.60. The highest BCUT2D eigenvalue weighted by Crippen LogP contribution is 2.21. The number of aryl methyl sites for hydroxylation is 2. The number of hydrogen-bond donors (Lipinski definition) is 1. The van der Waals surface area contributed by atoms with E-state index in [1.165, 1.54) is 7.11 Å². The molecule has 204 valence electrons. The number of oxime groups is 1. The van der Waals surface area contributed by atoms with Crippen LogP contribution in [-0.2, 0) is 22.8 Å². The maximum Gasteiger partial charge on any atom is 0.273 e. The maximum absolute atomic E-state index is 12.1. The number of amides is 1. The minimum atomic E-state index is -0.309. The molecular weight excluding hydrogens is 516 g/mol. The molecule has 1 aromatic heterocycles. The molecule has 9 nitrogen and oxygen atoms in total. The van der Waals surface area contributed by atoms with Crippen LogP contribution in [0.15, 0.2) is 70.9 Å². The van der Waals surface area contributed by atoms with Crippen LogP contribution < -0.4 is 10.1 Å². The minimum Gasteiger partial charge on any atom is -0.489 e. The predicted octanol–water partition coefficient (Wildman–Crippen LogP) is 5.05. The molecule has 0 fully saturated rings. The molecule has 0 atom stereocenters. The number of halogens is 1. The van der Waals surface area contributed by atoms with Gasteiger partial charge in [0.15, 0.2) is 5.71 Å². The fourth-order valence-corrected chi connectivity index (χ4v) is 3.48. The Morgan fingerprint density at radius 1 is 1.18 bits per heavy atom. The summed E-state index contributed by atoms with van der Waals surface area (Å²) < 4.78 is 5.96. The average Bonchev–Trinajstić information content (AvgIpc) is 2.93. The number of rotatable bonds is 8. The van der Waals surface area contributed by atoms with Crippen molar-refractivity contribution < 1.29 is 14.4 Å². The number of pyridine rings is 1. The summed E-state index contributed by atoms with van der Waals surface area (Å²) in [5, 5.41) is 15.3. The molecule has 39 heavy (non-hydrogen) atoms. The first-order valence-corrected chi connectivity index (χ1v) is 12.4. The molecule has 0 aliphatic heterocycles. The first kappa shape index (κ1) is 30.8. The largest absolute Gasteiger partial charge is 0.489 e. The van der Waals surface area contributed by atoms with Gasteiger partial charge in [0.2, 0.25) is 6.19 Å². The van der Waals surface area contributed by atoms with Gasteiger partial charge in [-0.05, 0) is 55.2 Å². The Bertz CT molecular complexity index is 1350. The minimum absolute atomic E-state index is 0.222. The number of carbonyl (C=O) groups excluding carboxylic acids is 1. The zero-order chi connectivity index (χ0) is 28.8. The number of benzene rings is 2. The number of nitrogens with one attached hydrogen (secondary N) is 1. The van der Waals surface area contributed by atoms with Gasteiger partial charge >= 0.3 is 0 Å². The second kappa shape index (κ2) is 15.7. The van der Waals surface area contributed by atoms with Crippen molar-refractivity contribution in [1.82, 2.24) is 15.2 Å². The Labute approximate surface area is 234 Å². The Morgan fingerprint density at radius 3 is 2.56 bits per heavy atom. The standard InChI is InChI=1S/C19H22N2O3.C10H11ClN4/c1-13-9-10-14(2)17(11-13)24-12-15-7-5-6-8-16(15)18(21-23-4)19(22)20-3;1-8(14-7-12)15(2)6-9-3-4-10(11)13-5-9/h5-11H,12H2,1-4H3,(H,20,22);3-5H,6H2,1-2H3/b21-18+;. The quantitative estimate of drug-likeness (QED) is 0.139. The summed E-state index contributed by atoms with van der Waals surface area (Å²) >= 11 is 5.67. The van der Waals surface area contributed by atoms with Gasteiger partial charge in [0, 0.05) is 32.4 Å². The number of likely N-dealkylation sites (N-methyl/N-ethyl adjacent to an activating group) is 1. The summed E-state index contributed by atoms with van der Waals surface area (Å²) in [7, 11) is 4.84. The fourth-order valence-electron chi connectivity index (χ4n) is 3.36. The molecule has 0 bridgehead atoms. The van der Waals surface area contributed by atoms with E-state index in [9.17, 15) is 4.79 Å². The number of carbonyl (C=O) groups is 1. The van der Waals surface area contributed by atoms with E-state index in [2.05, 4.69) is 20.4 Å². The lowest BCUT2D eigenvalue weighted by Gasteiger charge is -2.17. The number of nitrogens with zero attached hydrogens (tertiary/aromatic N) is 5. The summed E-state index contributed by atoms with van der Waals surface area (Å²) in [6.07, 6.45) is 3.46. The Balaban J connectivity index is 0.000000306. The molecular formula is C29H33ClN6O3. The molecule has 0 aliphatic carbocycles. The van der Waals surface area contributed by atoms with Crippen molar-refractivity contribution in [2.24, 2.45) is 10.1 Å². The molecule has 0 unspecified atom stereocenters. The van der Waals surface area contributed by atoms with Gasteiger partial charge in [-0.3, -0.25) is 4.79 Å². The van der Waals surface area contributed by atoms with E-state index in [0.29, 0.717) is 29.7 Å². The lowest BCUT2D eigenvalue weighted by Crippen LogP contribution is -2.29. The van der Waals surface area contributed by atoms with Gasteiger partial charge in [0.25, 0.3) is 5.91 Å². The van der Waals surface area contributed by atoms with E-state index < -0.39 is 0 Å². The van der Waals surface area contributed by atoms with E-state index in [4.69, 9.17) is 26.4 Å². The highest BCUT2D eigenvalue weighted by molar-refractivity contribution is 6.45. The van der Waals surface area contributed by atoms with Gasteiger partial charge in [-0.15, -0.1) is 0 Å². The molecule has 0 spiro atoms. The fraction of sp³-hybridized carbons (Fsp3) is 0.276. The van der Waals surface area contributed by atoms with Crippen molar-refractivity contribution in [3.8, 4) is 11.9 Å². The number of aliphatic imine (C=N–C) groups is 1. The van der Waals surface area contributed by atoms with Gasteiger partial charge in [0.1, 0.15) is 30.5 Å². The van der Waals surface area contributed by atoms with E-state index >= 15 is 0 Å². The Morgan fingerprint density at radius 2 is 1.92 bits per heavy atom. The number of hydrogen-bond acceptors (Lipinski definition) is 7. The van der Waals surface area contributed by atoms with E-state index in [1.54, 1.807) is 32.4 Å². The zero-order valence-electron chi connectivity index (χ0n) is 23.0. The molecule has 1 N–H and O–H groups in total. The number of ether oxygens (including phenoxy) is 1. The van der Waals surface area contributed by atoms with Gasteiger partial charge in [-0.2, -0.15) is 10.3 Å². The molecule has 0 aliphatic rings. The molecule has 3 rings (SSSR count). The molecule has 3 aromatic rings. The second-order valence-corrected chi connectivity index (χ2v) is 8.91. The van der Waals surface area contributed by atoms with Gasteiger partial charge < -0.3 is 19.8 Å². The van der Waals surface area contributed by atoms with E-state index in [0.717, 1.165) is 28.0 Å². The van der Waals surface area contributed by atoms with Crippen LogP contribution in [0.1, 0.15) is 34.7 Å². The van der Waals surface area contributed by atoms with Gasteiger partial charge in [0.05, 0.1) is 0 Å². The van der Waals surface area contributed by atoms with Crippen molar-refractivity contribution in [3.05, 3.63) is 93.8 Å². The highest BCUT2D eigenvalue weighted by atomic mass is 35.5. The molecule has 1 heterocycles. The van der Waals surface area contributed by atoms with Crippen LogP contribution in [0.25, 0.3) is 0 Å². The van der Waals surface area contributed by atoms with Crippen LogP contribution in [0.2, 0.25) is 5.15 Å². The van der Waals surface area contributed by atoms with Crippen LogP contribution in [0, 0.1) is 25.3 Å². The molecule has 1 amide bonds. The monoisotopic (exact) mass is 548 g/mol. The molecule has 0 saturated carbocycles. The van der Waals surface area contributed by atoms with Crippen molar-refractivity contribution >= 4 is 29.1 Å². The normalized spacial score (nSPS) is 11.0. The van der Waals surface area contributed by atoms with E-state index in [1.807, 2.05) is 74.3 Å². The van der Waals surface area contributed by atoms with Crippen molar-refractivity contribution in [1.29, 1.82) is 5.26 Å². The number of nitriles is 1. The summed E-state index contributed by atoms with van der Waals surface area (Å²) in [6, 6.07) is 17.2. The van der Waals surface area contributed by atoms with Crippen molar-refractivity contribution in [3.63, 3.8) is 0 Å². The van der Waals surface area contributed by atoms with Gasteiger partial charge in [-0.1, -0.05) is 59.2 Å². The molecule has 0 saturated heterocycles. The van der Waals surface area contributed by atoms with Crippen molar-refractivity contribution in [2.45, 2.75) is 33.9 Å². The van der Waals surface area contributed by atoms with Crippen molar-refractivity contribution in [2.75, 3.05) is 21.2 Å². The first-order valence-electron chi connectivity index (χ1n) is 12.1. The summed E-state index contributed by atoms with van der Waals surface area (Å²) in [4.78, 5) is 26.4. The summed E-state index contributed by atoms with van der Waals surface area (Å²) in [6.45, 7) is 6.80.